The highest BCUT2D eigenvalue weighted by Gasteiger charge is 2.59. The molecule has 0 bridgehead atoms. The minimum absolute atomic E-state index is 0.220. The highest BCUT2D eigenvalue weighted by Crippen LogP contribution is 2.48. The number of nitrogens with one attached hydrogen (secondary N) is 1. The Labute approximate surface area is 182 Å². The van der Waals surface area contributed by atoms with E-state index in [0.717, 1.165) is 18.2 Å². The van der Waals surface area contributed by atoms with Gasteiger partial charge in [0.25, 0.3) is 0 Å². The Bertz CT molecular complexity index is 1100. The van der Waals surface area contributed by atoms with Crippen molar-refractivity contribution in [1.82, 2.24) is 4.98 Å². The van der Waals surface area contributed by atoms with Gasteiger partial charge in [0.15, 0.2) is 5.60 Å². The normalized spacial score (nSPS) is 14.9. The molecule has 32 heavy (non-hydrogen) atoms. The molecule has 2 aromatic carbocycles. The van der Waals surface area contributed by atoms with Gasteiger partial charge in [-0.25, -0.2) is 9.37 Å². The summed E-state index contributed by atoms with van der Waals surface area (Å²) >= 11 is 0. The van der Waals surface area contributed by atoms with Crippen LogP contribution in [0.15, 0.2) is 48.5 Å². The van der Waals surface area contributed by atoms with Crippen molar-refractivity contribution in [1.29, 1.82) is 0 Å². The number of fused-ring (bicyclic) bond motifs is 1. The first-order valence-electron chi connectivity index (χ1n) is 9.94. The van der Waals surface area contributed by atoms with Gasteiger partial charge in [0.1, 0.15) is 11.6 Å². The number of phenolic OH excluding ortho intramolecular Hbond substituents is 1. The zero-order chi connectivity index (χ0) is 23.7. The fourth-order valence-electron chi connectivity index (χ4n) is 3.76. The fraction of sp³-hybridized carbons (Fsp3) is 0.348. The number of hydrogen-bond acceptors (Lipinski definition) is 5. The van der Waals surface area contributed by atoms with Crippen molar-refractivity contribution in [3.05, 3.63) is 59.9 Å². The molecule has 0 aliphatic rings. The number of hydrogen-bond donors (Lipinski definition) is 3. The van der Waals surface area contributed by atoms with Gasteiger partial charge in [-0.1, -0.05) is 19.9 Å². The summed E-state index contributed by atoms with van der Waals surface area (Å²) in [5, 5.41) is 24.5. The number of aliphatic hydroxyl groups is 1. The van der Waals surface area contributed by atoms with Gasteiger partial charge in [-0.15, -0.1) is 0 Å². The quantitative estimate of drug-likeness (QED) is 0.408. The largest absolute Gasteiger partial charge is 0.508 e. The summed E-state index contributed by atoms with van der Waals surface area (Å²) in [6, 6.07) is 8.68. The molecule has 5 nitrogen and oxygen atoms in total. The second-order valence-electron chi connectivity index (χ2n) is 8.03. The minimum atomic E-state index is -5.08. The number of rotatable bonds is 7. The van der Waals surface area contributed by atoms with Crippen LogP contribution in [0.5, 0.6) is 11.6 Å². The van der Waals surface area contributed by atoms with E-state index in [1.165, 1.54) is 27.0 Å². The number of pyridine rings is 1. The van der Waals surface area contributed by atoms with Crippen molar-refractivity contribution in [3.63, 3.8) is 0 Å². The van der Waals surface area contributed by atoms with E-state index >= 15 is 0 Å². The number of aromatic hydroxyl groups is 1. The maximum absolute atomic E-state index is 14.3. The van der Waals surface area contributed by atoms with E-state index in [2.05, 4.69) is 10.3 Å². The van der Waals surface area contributed by atoms with E-state index in [1.807, 2.05) is 0 Å². The monoisotopic (exact) mass is 452 g/mol. The first-order chi connectivity index (χ1) is 15.0. The lowest BCUT2D eigenvalue weighted by molar-refractivity contribution is -0.272. The van der Waals surface area contributed by atoms with Crippen LogP contribution in [0.25, 0.3) is 10.9 Å². The molecule has 0 saturated carbocycles. The van der Waals surface area contributed by atoms with E-state index in [0.29, 0.717) is 16.8 Å². The van der Waals surface area contributed by atoms with E-state index in [1.54, 1.807) is 24.3 Å². The molecule has 9 heteroatoms. The van der Waals surface area contributed by atoms with Gasteiger partial charge in [0.05, 0.1) is 18.7 Å². The fourth-order valence-corrected chi connectivity index (χ4v) is 3.76. The second-order valence-corrected chi connectivity index (χ2v) is 8.03. The van der Waals surface area contributed by atoms with Crippen LogP contribution in [-0.4, -0.2) is 34.1 Å². The number of benzene rings is 2. The number of aromatic nitrogens is 1. The third kappa shape index (κ3) is 4.57. The van der Waals surface area contributed by atoms with E-state index < -0.39 is 47.3 Å². The van der Waals surface area contributed by atoms with Gasteiger partial charge in [-0.3, -0.25) is 0 Å². The molecule has 2 atom stereocenters. The topological polar surface area (TPSA) is 74.6 Å². The summed E-state index contributed by atoms with van der Waals surface area (Å²) in [6.45, 7) is 3.07. The van der Waals surface area contributed by atoms with Crippen LogP contribution in [0.1, 0.15) is 31.9 Å². The Morgan fingerprint density at radius 3 is 2.44 bits per heavy atom. The second kappa shape index (κ2) is 8.82. The van der Waals surface area contributed by atoms with Gasteiger partial charge < -0.3 is 20.3 Å². The summed E-state index contributed by atoms with van der Waals surface area (Å²) in [7, 11) is 1.44. The van der Waals surface area contributed by atoms with Gasteiger partial charge in [-0.2, -0.15) is 13.2 Å². The number of methoxy groups -OCH3 is 1. The van der Waals surface area contributed by atoms with Crippen molar-refractivity contribution in [2.45, 2.75) is 38.1 Å². The minimum Gasteiger partial charge on any atom is -0.508 e. The molecule has 0 radical (unpaired) electrons. The first kappa shape index (κ1) is 23.6. The molecule has 172 valence electrons. The van der Waals surface area contributed by atoms with Crippen LogP contribution >= 0.6 is 0 Å². The summed E-state index contributed by atoms with van der Waals surface area (Å²) in [5.74, 6) is -1.65. The molecule has 3 N–H and O–H groups in total. The zero-order valence-electron chi connectivity index (χ0n) is 17.7. The summed E-state index contributed by atoms with van der Waals surface area (Å²) < 4.78 is 61.9. The van der Waals surface area contributed by atoms with Crippen molar-refractivity contribution in [2.24, 2.45) is 5.92 Å². The number of nitrogens with zero attached hydrogens (tertiary/aromatic N) is 1. The lowest BCUT2D eigenvalue weighted by atomic mass is 9.80. The molecule has 0 saturated heterocycles. The molecule has 0 aliphatic carbocycles. The predicted octanol–water partition coefficient (Wildman–Crippen LogP) is 5.58. The SMILES string of the molecule is COc1ccc2c(NC(c3cc(F)ccc3O)C(O)(CC(C)C)C(F)(F)F)cccc2n1. The molecule has 0 spiro atoms. The molecule has 2 unspecified atom stereocenters. The molecular formula is C23H24F4N2O3. The Kier molecular flexibility index (Phi) is 6.50. The number of anilines is 1. The number of phenols is 1. The molecule has 0 aliphatic heterocycles. The zero-order valence-corrected chi connectivity index (χ0v) is 17.7. The molecule has 3 rings (SSSR count). The van der Waals surface area contributed by atoms with Crippen LogP contribution in [0.3, 0.4) is 0 Å². The Morgan fingerprint density at radius 2 is 1.81 bits per heavy atom. The lowest BCUT2D eigenvalue weighted by Gasteiger charge is -2.40. The maximum atomic E-state index is 14.3. The number of alkyl halides is 3. The summed E-state index contributed by atoms with van der Waals surface area (Å²) in [5.41, 5.74) is -3.06. The Balaban J connectivity index is 2.22. The van der Waals surface area contributed by atoms with Crippen LogP contribution in [-0.2, 0) is 0 Å². The predicted molar refractivity (Wildman–Crippen MR) is 113 cm³/mol. The van der Waals surface area contributed by atoms with Gasteiger partial charge in [0, 0.05) is 22.7 Å². The van der Waals surface area contributed by atoms with Crippen LogP contribution < -0.4 is 10.1 Å². The Hall–Kier alpha value is -3.07. The molecule has 3 aromatic rings. The van der Waals surface area contributed by atoms with E-state index in [-0.39, 0.29) is 5.69 Å². The molecule has 1 heterocycles. The van der Waals surface area contributed by atoms with Crippen molar-refractivity contribution in [3.8, 4) is 11.6 Å². The molecule has 0 amide bonds. The van der Waals surface area contributed by atoms with Crippen molar-refractivity contribution >= 4 is 16.6 Å². The van der Waals surface area contributed by atoms with Crippen LogP contribution in [0.4, 0.5) is 23.2 Å². The average Bonchev–Trinajstić information content (AvgIpc) is 2.72. The maximum Gasteiger partial charge on any atom is 0.419 e. The lowest BCUT2D eigenvalue weighted by Crippen LogP contribution is -2.53. The standard InChI is InChI=1S/C23H24F4N2O3/c1-13(2)12-22(31,23(25,26)27)21(16-11-14(24)7-9-19(16)30)29-18-6-4-5-17-15(18)8-10-20(28-17)32-3/h4-11,13,21,29-31H,12H2,1-3H3. The van der Waals surface area contributed by atoms with E-state index in [9.17, 15) is 27.8 Å². The summed E-state index contributed by atoms with van der Waals surface area (Å²) in [4.78, 5) is 4.27. The van der Waals surface area contributed by atoms with Gasteiger partial charge in [-0.05, 0) is 48.7 Å². The first-order valence-corrected chi connectivity index (χ1v) is 9.94. The van der Waals surface area contributed by atoms with Gasteiger partial charge >= 0.3 is 6.18 Å². The number of ether oxygens (including phenoxy) is 1. The number of halogens is 4. The third-order valence-electron chi connectivity index (χ3n) is 5.20. The molecule has 0 fully saturated rings. The van der Waals surface area contributed by atoms with Gasteiger partial charge in [0.2, 0.25) is 5.88 Å². The average molecular weight is 452 g/mol. The molecule has 1 aromatic heterocycles. The summed E-state index contributed by atoms with van der Waals surface area (Å²) in [6.07, 6.45) is -5.76. The highest BCUT2D eigenvalue weighted by molar-refractivity contribution is 5.92. The van der Waals surface area contributed by atoms with Crippen molar-refractivity contribution < 1.29 is 32.5 Å². The Morgan fingerprint density at radius 1 is 1.09 bits per heavy atom. The van der Waals surface area contributed by atoms with Crippen LogP contribution in [0.2, 0.25) is 0 Å². The van der Waals surface area contributed by atoms with Crippen LogP contribution in [0, 0.1) is 11.7 Å². The third-order valence-corrected chi connectivity index (χ3v) is 5.20. The molecular weight excluding hydrogens is 428 g/mol. The highest BCUT2D eigenvalue weighted by atomic mass is 19.4. The smallest absolute Gasteiger partial charge is 0.419 e. The van der Waals surface area contributed by atoms with Crippen molar-refractivity contribution in [2.75, 3.05) is 12.4 Å². The van der Waals surface area contributed by atoms with E-state index in [4.69, 9.17) is 4.74 Å².